The summed E-state index contributed by atoms with van der Waals surface area (Å²) in [6.07, 6.45) is 7.28. The van der Waals surface area contributed by atoms with E-state index in [0.29, 0.717) is 0 Å². The standard InChI is InChI=1S/C17H28N4/c1-2-7-18-13-15-6-8-19-17(12-15)21-11-10-20-9-4-3-5-16(20)14-21/h6,8,12,16,18H,2-5,7,9-11,13-14H2,1H3. The maximum atomic E-state index is 4.61. The fourth-order valence-corrected chi connectivity index (χ4v) is 3.52. The average molecular weight is 288 g/mol. The van der Waals surface area contributed by atoms with Crippen molar-refractivity contribution in [1.29, 1.82) is 0 Å². The number of fused-ring (bicyclic) bond motifs is 1. The fourth-order valence-electron chi connectivity index (χ4n) is 3.52. The van der Waals surface area contributed by atoms with Gasteiger partial charge >= 0.3 is 0 Å². The number of anilines is 1. The third-order valence-electron chi connectivity index (χ3n) is 4.73. The molecule has 2 aliphatic rings. The van der Waals surface area contributed by atoms with Crippen LogP contribution in [0, 0.1) is 0 Å². The lowest BCUT2D eigenvalue weighted by atomic mass is 9.99. The van der Waals surface area contributed by atoms with E-state index in [1.807, 2.05) is 6.20 Å². The molecule has 116 valence electrons. The first-order valence-electron chi connectivity index (χ1n) is 8.51. The number of rotatable bonds is 5. The monoisotopic (exact) mass is 288 g/mol. The summed E-state index contributed by atoms with van der Waals surface area (Å²) in [6.45, 7) is 9.01. The second-order valence-electron chi connectivity index (χ2n) is 6.33. The van der Waals surface area contributed by atoms with Gasteiger partial charge in [0.15, 0.2) is 0 Å². The van der Waals surface area contributed by atoms with Crippen LogP contribution in [0.2, 0.25) is 0 Å². The summed E-state index contributed by atoms with van der Waals surface area (Å²) in [4.78, 5) is 9.76. The molecule has 2 fully saturated rings. The van der Waals surface area contributed by atoms with Crippen molar-refractivity contribution < 1.29 is 0 Å². The molecule has 0 bridgehead atoms. The van der Waals surface area contributed by atoms with Crippen LogP contribution in [0.5, 0.6) is 0 Å². The Morgan fingerprint density at radius 1 is 1.29 bits per heavy atom. The molecule has 0 amide bonds. The number of hydrogen-bond donors (Lipinski definition) is 1. The number of nitrogens with one attached hydrogen (secondary N) is 1. The molecule has 4 heteroatoms. The summed E-state index contributed by atoms with van der Waals surface area (Å²) >= 11 is 0. The lowest BCUT2D eigenvalue weighted by Crippen LogP contribution is -2.55. The molecule has 0 radical (unpaired) electrons. The van der Waals surface area contributed by atoms with Crippen LogP contribution in [0.3, 0.4) is 0 Å². The van der Waals surface area contributed by atoms with E-state index in [9.17, 15) is 0 Å². The Balaban J connectivity index is 1.62. The summed E-state index contributed by atoms with van der Waals surface area (Å²) in [5.74, 6) is 1.16. The Morgan fingerprint density at radius 3 is 3.14 bits per heavy atom. The maximum absolute atomic E-state index is 4.61. The summed E-state index contributed by atoms with van der Waals surface area (Å²) < 4.78 is 0. The minimum absolute atomic E-state index is 0.746. The third kappa shape index (κ3) is 3.74. The van der Waals surface area contributed by atoms with Crippen LogP contribution < -0.4 is 10.2 Å². The van der Waals surface area contributed by atoms with E-state index >= 15 is 0 Å². The SMILES string of the molecule is CCCNCc1ccnc(N2CCN3CCCCC3C2)c1. The van der Waals surface area contributed by atoms with Gasteiger partial charge in [-0.1, -0.05) is 13.3 Å². The number of nitrogens with zero attached hydrogens (tertiary/aromatic N) is 3. The van der Waals surface area contributed by atoms with Crippen molar-refractivity contribution in [2.45, 2.75) is 45.2 Å². The Kier molecular flexibility index (Phi) is 5.09. The van der Waals surface area contributed by atoms with E-state index in [1.165, 1.54) is 44.3 Å². The summed E-state index contributed by atoms with van der Waals surface area (Å²) in [5, 5.41) is 3.47. The van der Waals surface area contributed by atoms with Crippen molar-refractivity contribution >= 4 is 5.82 Å². The smallest absolute Gasteiger partial charge is 0.128 e. The van der Waals surface area contributed by atoms with E-state index in [1.54, 1.807) is 0 Å². The van der Waals surface area contributed by atoms with Gasteiger partial charge in [-0.25, -0.2) is 4.98 Å². The molecule has 2 saturated heterocycles. The average Bonchev–Trinajstić information content (AvgIpc) is 2.55. The van der Waals surface area contributed by atoms with Crippen LogP contribution >= 0.6 is 0 Å². The van der Waals surface area contributed by atoms with Gasteiger partial charge in [0.1, 0.15) is 5.82 Å². The zero-order chi connectivity index (χ0) is 14.5. The number of aromatic nitrogens is 1. The number of piperazine rings is 1. The Morgan fingerprint density at radius 2 is 2.24 bits per heavy atom. The van der Waals surface area contributed by atoms with Crippen molar-refractivity contribution in [3.05, 3.63) is 23.9 Å². The van der Waals surface area contributed by atoms with Gasteiger partial charge in [0, 0.05) is 38.4 Å². The zero-order valence-electron chi connectivity index (χ0n) is 13.2. The Hall–Kier alpha value is -1.13. The molecule has 1 aromatic rings. The van der Waals surface area contributed by atoms with Crippen LogP contribution in [-0.4, -0.2) is 48.6 Å². The fraction of sp³-hybridized carbons (Fsp3) is 0.706. The molecule has 3 rings (SSSR count). The molecule has 1 atom stereocenters. The molecule has 3 heterocycles. The molecule has 0 saturated carbocycles. The van der Waals surface area contributed by atoms with Gasteiger partial charge in [0.2, 0.25) is 0 Å². The molecular formula is C17H28N4. The second kappa shape index (κ2) is 7.23. The van der Waals surface area contributed by atoms with E-state index in [0.717, 1.165) is 38.0 Å². The molecule has 1 unspecified atom stereocenters. The van der Waals surface area contributed by atoms with Crippen LogP contribution in [-0.2, 0) is 6.54 Å². The lowest BCUT2D eigenvalue weighted by molar-refractivity contribution is 0.133. The molecule has 0 spiro atoms. The van der Waals surface area contributed by atoms with Crippen molar-refractivity contribution in [3.8, 4) is 0 Å². The highest BCUT2D eigenvalue weighted by Crippen LogP contribution is 2.24. The molecule has 2 aliphatic heterocycles. The predicted octanol–water partition coefficient (Wildman–Crippen LogP) is 2.26. The molecule has 21 heavy (non-hydrogen) atoms. The molecular weight excluding hydrogens is 260 g/mol. The largest absolute Gasteiger partial charge is 0.354 e. The topological polar surface area (TPSA) is 31.4 Å². The minimum Gasteiger partial charge on any atom is -0.354 e. The zero-order valence-corrected chi connectivity index (χ0v) is 13.2. The van der Waals surface area contributed by atoms with E-state index in [-0.39, 0.29) is 0 Å². The quantitative estimate of drug-likeness (QED) is 0.842. The number of pyridine rings is 1. The minimum atomic E-state index is 0.746. The van der Waals surface area contributed by atoms with Gasteiger partial charge in [-0.15, -0.1) is 0 Å². The maximum Gasteiger partial charge on any atom is 0.128 e. The van der Waals surface area contributed by atoms with Crippen molar-refractivity contribution in [1.82, 2.24) is 15.2 Å². The van der Waals surface area contributed by atoms with Crippen LogP contribution in [0.1, 0.15) is 38.2 Å². The Bertz CT molecular complexity index is 448. The lowest BCUT2D eigenvalue weighted by Gasteiger charge is -2.44. The first kappa shape index (κ1) is 14.8. The van der Waals surface area contributed by atoms with E-state index in [4.69, 9.17) is 0 Å². The van der Waals surface area contributed by atoms with Crippen molar-refractivity contribution in [2.75, 3.05) is 37.6 Å². The van der Waals surface area contributed by atoms with Gasteiger partial charge in [0.25, 0.3) is 0 Å². The van der Waals surface area contributed by atoms with Crippen LogP contribution in [0.4, 0.5) is 5.82 Å². The van der Waals surface area contributed by atoms with Gasteiger partial charge in [-0.3, -0.25) is 4.90 Å². The molecule has 4 nitrogen and oxygen atoms in total. The highest BCUT2D eigenvalue weighted by Gasteiger charge is 2.29. The molecule has 0 aromatic carbocycles. The summed E-state index contributed by atoms with van der Waals surface area (Å²) in [5.41, 5.74) is 1.35. The third-order valence-corrected chi connectivity index (χ3v) is 4.73. The summed E-state index contributed by atoms with van der Waals surface area (Å²) in [6, 6.07) is 5.14. The van der Waals surface area contributed by atoms with Crippen molar-refractivity contribution in [3.63, 3.8) is 0 Å². The van der Waals surface area contributed by atoms with E-state index < -0.39 is 0 Å². The highest BCUT2D eigenvalue weighted by atomic mass is 15.3. The summed E-state index contributed by atoms with van der Waals surface area (Å²) in [7, 11) is 0. The van der Waals surface area contributed by atoms with Gasteiger partial charge in [-0.05, 0) is 50.0 Å². The van der Waals surface area contributed by atoms with Gasteiger partial charge < -0.3 is 10.2 Å². The highest BCUT2D eigenvalue weighted by molar-refractivity contribution is 5.42. The van der Waals surface area contributed by atoms with Crippen LogP contribution in [0.15, 0.2) is 18.3 Å². The van der Waals surface area contributed by atoms with E-state index in [2.05, 4.69) is 39.2 Å². The van der Waals surface area contributed by atoms with Crippen molar-refractivity contribution in [2.24, 2.45) is 0 Å². The Labute approximate surface area is 128 Å². The number of piperidine rings is 1. The first-order chi connectivity index (χ1) is 10.4. The second-order valence-corrected chi connectivity index (χ2v) is 6.33. The molecule has 1 N–H and O–H groups in total. The normalized spacial score (nSPS) is 23.1. The van der Waals surface area contributed by atoms with Gasteiger partial charge in [0.05, 0.1) is 0 Å². The predicted molar refractivity (Wildman–Crippen MR) is 87.7 cm³/mol. The van der Waals surface area contributed by atoms with Crippen LogP contribution in [0.25, 0.3) is 0 Å². The van der Waals surface area contributed by atoms with Gasteiger partial charge in [-0.2, -0.15) is 0 Å². The first-order valence-corrected chi connectivity index (χ1v) is 8.51. The molecule has 0 aliphatic carbocycles. The number of hydrogen-bond acceptors (Lipinski definition) is 4. The molecule has 1 aromatic heterocycles.